The van der Waals surface area contributed by atoms with Crippen molar-refractivity contribution in [3.8, 4) is 0 Å². The molecule has 2 aromatic carbocycles. The van der Waals surface area contributed by atoms with E-state index in [9.17, 15) is 9.59 Å². The first kappa shape index (κ1) is 17.8. The molecule has 0 spiro atoms. The summed E-state index contributed by atoms with van der Waals surface area (Å²) >= 11 is 0. The van der Waals surface area contributed by atoms with E-state index >= 15 is 0 Å². The maximum absolute atomic E-state index is 12.7. The van der Waals surface area contributed by atoms with Gasteiger partial charge in [-0.05, 0) is 60.0 Å². The minimum atomic E-state index is -0.232. The molecule has 2 amide bonds. The highest BCUT2D eigenvalue weighted by atomic mass is 16.3. The summed E-state index contributed by atoms with van der Waals surface area (Å²) in [4.78, 5) is 26.7. The second kappa shape index (κ2) is 7.96. The summed E-state index contributed by atoms with van der Waals surface area (Å²) in [7, 11) is 0. The third-order valence-corrected chi connectivity index (χ3v) is 4.74. The molecule has 1 aliphatic heterocycles. The van der Waals surface area contributed by atoms with Crippen molar-refractivity contribution in [2.75, 3.05) is 11.9 Å². The molecule has 3 aromatic rings. The van der Waals surface area contributed by atoms with Crippen LogP contribution >= 0.6 is 0 Å². The standard InChI is InChI=1S/C23H20N2O3/c26-22(11-10-21-7-4-14-28-21)24-20-9-8-17-12-13-25(16-19(17)15-20)23(27)18-5-2-1-3-6-18/h1-11,14-15H,12-13,16H2,(H,24,26)/b11-10+. The Morgan fingerprint density at radius 3 is 2.64 bits per heavy atom. The summed E-state index contributed by atoms with van der Waals surface area (Å²) in [6.07, 6.45) is 5.42. The van der Waals surface area contributed by atoms with Crippen molar-refractivity contribution < 1.29 is 14.0 Å². The first-order valence-electron chi connectivity index (χ1n) is 9.18. The number of hydrogen-bond donors (Lipinski definition) is 1. The Kier molecular flexibility index (Phi) is 5.06. The Bertz CT molecular complexity index is 1010. The maximum atomic E-state index is 12.7. The molecule has 28 heavy (non-hydrogen) atoms. The van der Waals surface area contributed by atoms with Crippen molar-refractivity contribution >= 4 is 23.6 Å². The molecule has 140 valence electrons. The molecule has 0 saturated heterocycles. The lowest BCUT2D eigenvalue weighted by molar-refractivity contribution is -0.111. The second-order valence-electron chi connectivity index (χ2n) is 6.66. The molecule has 1 aliphatic rings. The third-order valence-electron chi connectivity index (χ3n) is 4.74. The third kappa shape index (κ3) is 4.04. The topological polar surface area (TPSA) is 62.6 Å². The molecule has 4 rings (SSSR count). The Hall–Kier alpha value is -3.60. The van der Waals surface area contributed by atoms with E-state index in [1.165, 1.54) is 11.6 Å². The fourth-order valence-corrected chi connectivity index (χ4v) is 3.30. The summed E-state index contributed by atoms with van der Waals surface area (Å²) in [6, 6.07) is 18.7. The lowest BCUT2D eigenvalue weighted by Gasteiger charge is -2.29. The monoisotopic (exact) mass is 372 g/mol. The zero-order valence-electron chi connectivity index (χ0n) is 15.3. The van der Waals surface area contributed by atoms with Gasteiger partial charge in [-0.3, -0.25) is 9.59 Å². The molecule has 1 aromatic heterocycles. The number of nitrogens with one attached hydrogen (secondary N) is 1. The first-order chi connectivity index (χ1) is 13.7. The van der Waals surface area contributed by atoms with Gasteiger partial charge in [0.1, 0.15) is 5.76 Å². The van der Waals surface area contributed by atoms with Gasteiger partial charge in [-0.25, -0.2) is 0 Å². The van der Waals surface area contributed by atoms with Gasteiger partial charge in [-0.2, -0.15) is 0 Å². The van der Waals surface area contributed by atoms with Crippen molar-refractivity contribution in [1.82, 2.24) is 4.90 Å². The summed E-state index contributed by atoms with van der Waals surface area (Å²) < 4.78 is 5.17. The molecular formula is C23H20N2O3. The van der Waals surface area contributed by atoms with E-state index in [2.05, 4.69) is 5.32 Å². The van der Waals surface area contributed by atoms with Gasteiger partial charge in [0.2, 0.25) is 5.91 Å². The van der Waals surface area contributed by atoms with Crippen LogP contribution in [0.3, 0.4) is 0 Å². The zero-order chi connectivity index (χ0) is 19.3. The SMILES string of the molecule is O=C(/C=C/c1ccco1)Nc1ccc2c(c1)CN(C(=O)c1ccccc1)CC2. The lowest BCUT2D eigenvalue weighted by atomic mass is 9.98. The number of fused-ring (bicyclic) bond motifs is 1. The Morgan fingerprint density at radius 1 is 1.00 bits per heavy atom. The fourth-order valence-electron chi connectivity index (χ4n) is 3.30. The van der Waals surface area contributed by atoms with Gasteiger partial charge in [-0.15, -0.1) is 0 Å². The van der Waals surface area contributed by atoms with Crippen molar-refractivity contribution in [3.05, 3.63) is 95.5 Å². The second-order valence-corrected chi connectivity index (χ2v) is 6.66. The Balaban J connectivity index is 1.45. The highest BCUT2D eigenvalue weighted by Crippen LogP contribution is 2.24. The number of hydrogen-bond acceptors (Lipinski definition) is 3. The number of anilines is 1. The largest absolute Gasteiger partial charge is 0.465 e. The van der Waals surface area contributed by atoms with E-state index in [1.807, 2.05) is 53.4 Å². The van der Waals surface area contributed by atoms with Crippen LogP contribution in [0, 0.1) is 0 Å². The molecule has 5 heteroatoms. The van der Waals surface area contributed by atoms with Crippen molar-refractivity contribution in [3.63, 3.8) is 0 Å². The van der Waals surface area contributed by atoms with E-state index < -0.39 is 0 Å². The quantitative estimate of drug-likeness (QED) is 0.701. The average molecular weight is 372 g/mol. The van der Waals surface area contributed by atoms with Gasteiger partial charge in [0, 0.05) is 30.4 Å². The number of rotatable bonds is 4. The molecule has 0 fully saturated rings. The minimum Gasteiger partial charge on any atom is -0.465 e. The van der Waals surface area contributed by atoms with Crippen molar-refractivity contribution in [2.45, 2.75) is 13.0 Å². The van der Waals surface area contributed by atoms with E-state index in [1.54, 1.807) is 24.5 Å². The number of benzene rings is 2. The first-order valence-corrected chi connectivity index (χ1v) is 9.18. The van der Waals surface area contributed by atoms with Crippen molar-refractivity contribution in [2.24, 2.45) is 0 Å². The van der Waals surface area contributed by atoms with Gasteiger partial charge in [0.15, 0.2) is 0 Å². The number of amides is 2. The smallest absolute Gasteiger partial charge is 0.254 e. The molecule has 0 bridgehead atoms. The van der Waals surface area contributed by atoms with Crippen LogP contribution < -0.4 is 5.32 Å². The molecule has 1 N–H and O–H groups in total. The van der Waals surface area contributed by atoms with Crippen LogP contribution in [0.2, 0.25) is 0 Å². The fraction of sp³-hybridized carbons (Fsp3) is 0.130. The summed E-state index contributed by atoms with van der Waals surface area (Å²) in [6.45, 7) is 1.23. The molecule has 0 saturated carbocycles. The summed E-state index contributed by atoms with van der Waals surface area (Å²) in [5.74, 6) is 0.419. The predicted molar refractivity (Wildman–Crippen MR) is 108 cm³/mol. The zero-order valence-corrected chi connectivity index (χ0v) is 15.3. The molecular weight excluding hydrogens is 352 g/mol. The Labute approximate surface area is 163 Å². The molecule has 0 radical (unpaired) electrons. The molecule has 2 heterocycles. The maximum Gasteiger partial charge on any atom is 0.254 e. The van der Waals surface area contributed by atoms with Crippen LogP contribution in [0.25, 0.3) is 6.08 Å². The number of furan rings is 1. The lowest BCUT2D eigenvalue weighted by Crippen LogP contribution is -2.36. The average Bonchev–Trinajstić information content (AvgIpc) is 3.25. The van der Waals surface area contributed by atoms with E-state index in [0.29, 0.717) is 30.1 Å². The molecule has 0 atom stereocenters. The van der Waals surface area contributed by atoms with Crippen LogP contribution in [0.15, 0.2) is 77.4 Å². The molecule has 0 aliphatic carbocycles. The highest BCUT2D eigenvalue weighted by molar-refractivity contribution is 6.01. The van der Waals surface area contributed by atoms with Crippen molar-refractivity contribution in [1.29, 1.82) is 0 Å². The Morgan fingerprint density at radius 2 is 1.86 bits per heavy atom. The van der Waals surface area contributed by atoms with Crippen LogP contribution in [0.1, 0.15) is 27.2 Å². The predicted octanol–water partition coefficient (Wildman–Crippen LogP) is 4.13. The van der Waals surface area contributed by atoms with Gasteiger partial charge in [0.25, 0.3) is 5.91 Å². The van der Waals surface area contributed by atoms with E-state index in [4.69, 9.17) is 4.42 Å². The van der Waals surface area contributed by atoms with Crippen LogP contribution in [0.5, 0.6) is 0 Å². The molecule has 0 unspecified atom stereocenters. The normalized spacial score (nSPS) is 13.4. The minimum absolute atomic E-state index is 0.0297. The van der Waals surface area contributed by atoms with Crippen LogP contribution in [-0.4, -0.2) is 23.3 Å². The molecule has 5 nitrogen and oxygen atoms in total. The van der Waals surface area contributed by atoms with Gasteiger partial charge in [-0.1, -0.05) is 24.3 Å². The van der Waals surface area contributed by atoms with Gasteiger partial charge < -0.3 is 14.6 Å². The van der Waals surface area contributed by atoms with Crippen LogP contribution in [0.4, 0.5) is 5.69 Å². The summed E-state index contributed by atoms with van der Waals surface area (Å²) in [5.41, 5.74) is 3.67. The van der Waals surface area contributed by atoms with Gasteiger partial charge in [0.05, 0.1) is 6.26 Å². The number of carbonyl (C=O) groups excluding carboxylic acids is 2. The van der Waals surface area contributed by atoms with E-state index in [0.717, 1.165) is 12.0 Å². The number of carbonyl (C=O) groups is 2. The van der Waals surface area contributed by atoms with E-state index in [-0.39, 0.29) is 11.8 Å². The number of nitrogens with zero attached hydrogens (tertiary/aromatic N) is 1. The van der Waals surface area contributed by atoms with Gasteiger partial charge >= 0.3 is 0 Å². The van der Waals surface area contributed by atoms with Crippen LogP contribution in [-0.2, 0) is 17.8 Å². The highest BCUT2D eigenvalue weighted by Gasteiger charge is 2.22. The summed E-state index contributed by atoms with van der Waals surface area (Å²) in [5, 5.41) is 2.86.